The van der Waals surface area contributed by atoms with Crippen molar-refractivity contribution >= 4 is 11.8 Å². The molecule has 5 atom stereocenters. The minimum absolute atomic E-state index is 0.0115. The smallest absolute Gasteiger partial charge is 0.471 e. The van der Waals surface area contributed by atoms with Crippen molar-refractivity contribution in [3.63, 3.8) is 0 Å². The van der Waals surface area contributed by atoms with Gasteiger partial charge in [0, 0.05) is 44.2 Å². The third-order valence-corrected chi connectivity index (χ3v) is 11.3. The van der Waals surface area contributed by atoms with E-state index in [2.05, 4.69) is 29.3 Å². The molecule has 4 aromatic carbocycles. The summed E-state index contributed by atoms with van der Waals surface area (Å²) in [4.78, 5) is 27.8. The predicted molar refractivity (Wildman–Crippen MR) is 206 cm³/mol. The van der Waals surface area contributed by atoms with Gasteiger partial charge in [0.25, 0.3) is 0 Å². The van der Waals surface area contributed by atoms with E-state index in [4.69, 9.17) is 18.9 Å². The van der Waals surface area contributed by atoms with Gasteiger partial charge in [0.1, 0.15) is 6.04 Å². The molecular formula is C44H48F3N3O7. The van der Waals surface area contributed by atoms with Crippen LogP contribution in [0, 0.1) is 5.92 Å². The molecule has 0 spiro atoms. The lowest BCUT2D eigenvalue weighted by Gasteiger charge is -2.43. The Balaban J connectivity index is 1.05. The number of hydrogen-bond acceptors (Lipinski definition) is 8. The van der Waals surface area contributed by atoms with E-state index in [0.29, 0.717) is 23.6 Å². The van der Waals surface area contributed by atoms with Gasteiger partial charge in [-0.1, -0.05) is 73.7 Å². The highest BCUT2D eigenvalue weighted by Crippen LogP contribution is 2.43. The minimum atomic E-state index is -5.02. The monoisotopic (exact) mass is 787 g/mol. The molecule has 3 heterocycles. The molecule has 0 aromatic heterocycles. The van der Waals surface area contributed by atoms with Gasteiger partial charge in [0.05, 0.1) is 33.0 Å². The summed E-state index contributed by atoms with van der Waals surface area (Å²) in [6.07, 6.45) is -4.71. The first kappa shape index (κ1) is 40.3. The summed E-state index contributed by atoms with van der Waals surface area (Å²) in [6, 6.07) is 26.3. The van der Waals surface area contributed by atoms with Crippen LogP contribution in [-0.2, 0) is 45.2 Å². The first-order chi connectivity index (χ1) is 27.4. The molecule has 2 saturated heterocycles. The number of carbonyl (C=O) groups excluding carboxylic acids is 2. The van der Waals surface area contributed by atoms with Gasteiger partial charge in [-0.15, -0.1) is 0 Å². The highest BCUT2D eigenvalue weighted by Gasteiger charge is 2.47. The molecule has 2 amide bonds. The van der Waals surface area contributed by atoms with Crippen molar-refractivity contribution in [2.24, 2.45) is 5.92 Å². The summed E-state index contributed by atoms with van der Waals surface area (Å²) >= 11 is 0. The fourth-order valence-corrected chi connectivity index (χ4v) is 8.13. The van der Waals surface area contributed by atoms with Crippen LogP contribution in [0.4, 0.5) is 13.2 Å². The van der Waals surface area contributed by atoms with Gasteiger partial charge in [-0.25, -0.2) is 0 Å². The summed E-state index contributed by atoms with van der Waals surface area (Å²) < 4.78 is 63.9. The van der Waals surface area contributed by atoms with E-state index in [1.807, 2.05) is 72.8 Å². The van der Waals surface area contributed by atoms with E-state index in [-0.39, 0.29) is 44.2 Å². The van der Waals surface area contributed by atoms with Crippen LogP contribution in [0.5, 0.6) is 11.5 Å². The SMILES string of the molecule is COc1cc2c(cc1OC)CN(C[C@H]1O[C@@H](c3ccc(-c4cccc(CNC(=O)[C@@H]5CCCN5C(=O)C(F)(F)F)c4)cc3)O[C@@H](c3ccc(CO)cc3)[C@H]1C)CC2. The second-order valence-electron chi connectivity index (χ2n) is 15.0. The summed E-state index contributed by atoms with van der Waals surface area (Å²) in [5.41, 5.74) is 7.70. The number of amides is 2. The third-order valence-electron chi connectivity index (χ3n) is 11.3. The number of benzene rings is 4. The molecule has 0 aliphatic carbocycles. The quantitative estimate of drug-likeness (QED) is 0.170. The maximum atomic E-state index is 13.1. The number of likely N-dealkylation sites (tertiary alicyclic amines) is 1. The van der Waals surface area contributed by atoms with Gasteiger partial charge in [-0.3, -0.25) is 14.5 Å². The van der Waals surface area contributed by atoms with Crippen molar-refractivity contribution in [3.8, 4) is 22.6 Å². The summed E-state index contributed by atoms with van der Waals surface area (Å²) in [6.45, 7) is 4.42. The molecule has 3 aliphatic heterocycles. The van der Waals surface area contributed by atoms with Crippen LogP contribution in [0.2, 0.25) is 0 Å². The van der Waals surface area contributed by atoms with Crippen LogP contribution in [0.1, 0.15) is 65.5 Å². The van der Waals surface area contributed by atoms with Gasteiger partial charge < -0.3 is 34.3 Å². The van der Waals surface area contributed by atoms with Gasteiger partial charge >= 0.3 is 12.1 Å². The second-order valence-corrected chi connectivity index (χ2v) is 15.0. The molecule has 302 valence electrons. The molecule has 3 aliphatic rings. The van der Waals surface area contributed by atoms with Crippen molar-refractivity contribution in [1.29, 1.82) is 0 Å². The molecule has 2 fully saturated rings. The van der Waals surface area contributed by atoms with Crippen LogP contribution in [0.3, 0.4) is 0 Å². The van der Waals surface area contributed by atoms with Gasteiger partial charge in [0.15, 0.2) is 17.8 Å². The van der Waals surface area contributed by atoms with Crippen LogP contribution in [0.25, 0.3) is 11.1 Å². The van der Waals surface area contributed by atoms with Crippen LogP contribution in [0.15, 0.2) is 84.9 Å². The third kappa shape index (κ3) is 8.96. The van der Waals surface area contributed by atoms with Gasteiger partial charge in [-0.2, -0.15) is 13.2 Å². The topological polar surface area (TPSA) is 110 Å². The average molecular weight is 788 g/mol. The molecule has 0 radical (unpaired) electrons. The highest BCUT2D eigenvalue weighted by atomic mass is 19.4. The lowest BCUT2D eigenvalue weighted by molar-refractivity contribution is -0.276. The molecule has 13 heteroatoms. The Kier molecular flexibility index (Phi) is 12.2. The molecule has 2 N–H and O–H groups in total. The number of methoxy groups -OCH3 is 2. The van der Waals surface area contributed by atoms with Gasteiger partial charge in [-0.05, 0) is 76.4 Å². The summed E-state index contributed by atoms with van der Waals surface area (Å²) in [5.74, 6) is -1.14. The van der Waals surface area contributed by atoms with Crippen LogP contribution < -0.4 is 14.8 Å². The Bertz CT molecular complexity index is 2040. The predicted octanol–water partition coefficient (Wildman–Crippen LogP) is 6.88. The van der Waals surface area contributed by atoms with E-state index < -0.39 is 30.3 Å². The first-order valence-corrected chi connectivity index (χ1v) is 19.3. The zero-order valence-corrected chi connectivity index (χ0v) is 32.3. The Morgan fingerprint density at radius 2 is 1.56 bits per heavy atom. The molecule has 4 aromatic rings. The number of fused-ring (bicyclic) bond motifs is 1. The number of ether oxygens (including phenoxy) is 4. The second kappa shape index (κ2) is 17.3. The van der Waals surface area contributed by atoms with Crippen molar-refractivity contribution in [1.82, 2.24) is 15.1 Å². The highest BCUT2D eigenvalue weighted by molar-refractivity contribution is 5.90. The van der Waals surface area contributed by atoms with Gasteiger partial charge in [0.2, 0.25) is 5.91 Å². The number of carbonyl (C=O) groups is 2. The molecule has 0 unspecified atom stereocenters. The van der Waals surface area contributed by atoms with Crippen LogP contribution in [-0.4, -0.2) is 78.9 Å². The Labute approximate surface area is 330 Å². The zero-order chi connectivity index (χ0) is 40.3. The average Bonchev–Trinajstić information content (AvgIpc) is 3.73. The number of rotatable bonds is 11. The van der Waals surface area contributed by atoms with Crippen molar-refractivity contribution in [3.05, 3.63) is 118 Å². The molecule has 0 saturated carbocycles. The van der Waals surface area contributed by atoms with E-state index in [0.717, 1.165) is 58.6 Å². The first-order valence-electron chi connectivity index (χ1n) is 19.3. The molecule has 7 rings (SSSR count). The number of halogens is 3. The minimum Gasteiger partial charge on any atom is -0.493 e. The van der Waals surface area contributed by atoms with E-state index >= 15 is 0 Å². The van der Waals surface area contributed by atoms with E-state index in [1.165, 1.54) is 11.1 Å². The molecule has 10 nitrogen and oxygen atoms in total. The van der Waals surface area contributed by atoms with E-state index in [9.17, 15) is 27.9 Å². The lowest BCUT2D eigenvalue weighted by Crippen LogP contribution is -2.50. The largest absolute Gasteiger partial charge is 0.493 e. The Hall–Kier alpha value is -4.95. The zero-order valence-electron chi connectivity index (χ0n) is 32.3. The number of nitrogens with one attached hydrogen (secondary N) is 1. The number of alkyl halides is 3. The molecular weight excluding hydrogens is 739 g/mol. The lowest BCUT2D eigenvalue weighted by atomic mass is 9.89. The Morgan fingerprint density at radius 3 is 2.25 bits per heavy atom. The molecule has 57 heavy (non-hydrogen) atoms. The number of aliphatic hydroxyl groups is 1. The summed E-state index contributed by atoms with van der Waals surface area (Å²) in [7, 11) is 3.29. The fraction of sp³-hybridized carbons (Fsp3) is 0.409. The summed E-state index contributed by atoms with van der Waals surface area (Å²) in [5, 5.41) is 12.4. The number of nitrogens with zero attached hydrogens (tertiary/aromatic N) is 2. The normalized spacial score (nSPS) is 22.5. The van der Waals surface area contributed by atoms with E-state index in [1.54, 1.807) is 14.2 Å². The Morgan fingerprint density at radius 1 is 0.860 bits per heavy atom. The van der Waals surface area contributed by atoms with Crippen molar-refractivity contribution < 1.29 is 46.8 Å². The number of hydrogen-bond donors (Lipinski definition) is 2. The maximum absolute atomic E-state index is 13.1. The number of aliphatic hydroxyl groups excluding tert-OH is 1. The fourth-order valence-electron chi connectivity index (χ4n) is 8.13. The van der Waals surface area contributed by atoms with Crippen LogP contribution >= 0.6 is 0 Å². The standard InChI is InChI=1S/C44H48F3N3O7/c1-27-39(25-49-19-17-34-21-37(54-2)38(55-3)22-35(34)24-49)56-42(57-40(27)31-11-9-28(26-51)10-12-31)32-15-13-30(14-16-32)33-7-4-6-29(20-33)23-48-41(52)36-8-5-18-50(36)43(53)44(45,46)47/h4,6-7,9-16,20-22,27,36,39-40,42,51H,5,8,17-19,23-26H2,1-3H3,(H,48,52)/t27-,36-,39+,40+,42+/m0/s1. The van der Waals surface area contributed by atoms with Crippen molar-refractivity contribution in [2.75, 3.05) is 33.9 Å². The maximum Gasteiger partial charge on any atom is 0.471 e. The van der Waals surface area contributed by atoms with Crippen molar-refractivity contribution in [2.45, 2.75) is 76.6 Å². The molecule has 0 bridgehead atoms.